The second kappa shape index (κ2) is 4.20. The molecule has 0 spiro atoms. The first kappa shape index (κ1) is 11.1. The van der Waals surface area contributed by atoms with Gasteiger partial charge in [-0.3, -0.25) is 14.3 Å². The molecular formula is C9H12N2O5. The monoisotopic (exact) mass is 228 g/mol. The number of aliphatic hydroxyl groups is 2. The molecule has 2 heterocycles. The van der Waals surface area contributed by atoms with E-state index in [1.54, 1.807) is 0 Å². The van der Waals surface area contributed by atoms with Crippen LogP contribution in [0.1, 0.15) is 12.6 Å². The van der Waals surface area contributed by atoms with E-state index in [0.717, 1.165) is 0 Å². The molecule has 3 atom stereocenters. The zero-order chi connectivity index (χ0) is 11.7. The molecule has 0 bridgehead atoms. The van der Waals surface area contributed by atoms with Crippen molar-refractivity contribution in [3.8, 4) is 0 Å². The fraction of sp³-hybridized carbons (Fsp3) is 0.556. The average molecular weight is 228 g/mol. The summed E-state index contributed by atoms with van der Waals surface area (Å²) >= 11 is 0. The molecule has 1 aromatic heterocycles. The number of ether oxygens (including phenoxy) is 1. The Morgan fingerprint density at radius 1 is 1.56 bits per heavy atom. The first-order valence-electron chi connectivity index (χ1n) is 4.87. The largest absolute Gasteiger partial charge is 0.394 e. The van der Waals surface area contributed by atoms with Gasteiger partial charge < -0.3 is 14.9 Å². The lowest BCUT2D eigenvalue weighted by Gasteiger charge is -2.13. The molecular weight excluding hydrogens is 216 g/mol. The van der Waals surface area contributed by atoms with Crippen LogP contribution in [0.2, 0.25) is 0 Å². The maximum Gasteiger partial charge on any atom is 0.330 e. The van der Waals surface area contributed by atoms with Crippen LogP contribution < -0.4 is 11.2 Å². The summed E-state index contributed by atoms with van der Waals surface area (Å²) in [7, 11) is 0. The Balaban J connectivity index is 2.27. The molecule has 7 heteroatoms. The average Bonchev–Trinajstić information content (AvgIpc) is 2.59. The van der Waals surface area contributed by atoms with Crippen LogP contribution in [0.4, 0.5) is 0 Å². The molecule has 2 rings (SSSR count). The summed E-state index contributed by atoms with van der Waals surface area (Å²) in [4.78, 5) is 24.3. The minimum atomic E-state index is -0.811. The Morgan fingerprint density at radius 2 is 2.31 bits per heavy atom. The van der Waals surface area contributed by atoms with Crippen molar-refractivity contribution in [3.63, 3.8) is 0 Å². The molecule has 1 aliphatic rings. The minimum absolute atomic E-state index is 0.206. The maximum atomic E-state index is 11.4. The Kier molecular flexibility index (Phi) is 2.90. The molecule has 0 saturated carbocycles. The summed E-state index contributed by atoms with van der Waals surface area (Å²) in [6, 6.07) is 1.20. The van der Waals surface area contributed by atoms with Gasteiger partial charge in [0.05, 0.1) is 12.7 Å². The van der Waals surface area contributed by atoms with Crippen LogP contribution in [0.25, 0.3) is 0 Å². The van der Waals surface area contributed by atoms with E-state index in [-0.39, 0.29) is 13.0 Å². The van der Waals surface area contributed by atoms with Gasteiger partial charge in [-0.25, -0.2) is 4.79 Å². The van der Waals surface area contributed by atoms with Gasteiger partial charge in [0.1, 0.15) is 12.3 Å². The molecule has 0 unspecified atom stereocenters. The zero-order valence-electron chi connectivity index (χ0n) is 8.37. The van der Waals surface area contributed by atoms with Crippen LogP contribution in [0.5, 0.6) is 0 Å². The lowest BCUT2D eigenvalue weighted by Crippen LogP contribution is -2.31. The normalized spacial score (nSPS) is 29.5. The van der Waals surface area contributed by atoms with E-state index in [1.807, 2.05) is 0 Å². The zero-order valence-corrected chi connectivity index (χ0v) is 8.37. The number of nitrogens with one attached hydrogen (secondary N) is 1. The maximum absolute atomic E-state index is 11.4. The van der Waals surface area contributed by atoms with Crippen molar-refractivity contribution in [1.29, 1.82) is 0 Å². The molecule has 3 N–H and O–H groups in total. The van der Waals surface area contributed by atoms with E-state index < -0.39 is 29.7 Å². The quantitative estimate of drug-likeness (QED) is 0.552. The van der Waals surface area contributed by atoms with E-state index in [4.69, 9.17) is 9.84 Å². The third-order valence-electron chi connectivity index (χ3n) is 2.55. The summed E-state index contributed by atoms with van der Waals surface area (Å²) in [5.41, 5.74) is -1.08. The molecule has 1 aliphatic heterocycles. The number of aromatic amines is 1. The van der Waals surface area contributed by atoms with E-state index in [2.05, 4.69) is 4.98 Å². The van der Waals surface area contributed by atoms with Gasteiger partial charge in [-0.1, -0.05) is 0 Å². The van der Waals surface area contributed by atoms with Gasteiger partial charge in [0, 0.05) is 18.7 Å². The first-order chi connectivity index (χ1) is 7.61. The van der Waals surface area contributed by atoms with Crippen molar-refractivity contribution < 1.29 is 14.9 Å². The predicted octanol–water partition coefficient (Wildman–Crippen LogP) is -1.82. The van der Waals surface area contributed by atoms with E-state index in [9.17, 15) is 14.7 Å². The van der Waals surface area contributed by atoms with Gasteiger partial charge in [0.2, 0.25) is 0 Å². The Hall–Kier alpha value is -1.44. The summed E-state index contributed by atoms with van der Waals surface area (Å²) in [6.45, 7) is -0.310. The van der Waals surface area contributed by atoms with Gasteiger partial charge in [-0.05, 0) is 0 Å². The lowest BCUT2D eigenvalue weighted by atomic mass is 10.2. The Bertz CT molecular complexity index is 479. The summed E-state index contributed by atoms with van der Waals surface area (Å²) in [5.74, 6) is 0. The van der Waals surface area contributed by atoms with Crippen molar-refractivity contribution in [2.75, 3.05) is 6.61 Å². The number of nitrogens with zero attached hydrogens (tertiary/aromatic N) is 1. The van der Waals surface area contributed by atoms with Crippen LogP contribution in [0.15, 0.2) is 21.9 Å². The number of H-pyrrole nitrogens is 1. The van der Waals surface area contributed by atoms with Crippen LogP contribution >= 0.6 is 0 Å². The summed E-state index contributed by atoms with van der Waals surface area (Å²) in [5, 5.41) is 18.4. The fourth-order valence-electron chi connectivity index (χ4n) is 1.70. The molecule has 0 aliphatic carbocycles. The topological polar surface area (TPSA) is 105 Å². The number of hydrogen-bond acceptors (Lipinski definition) is 5. The van der Waals surface area contributed by atoms with Crippen LogP contribution in [0, 0.1) is 0 Å². The number of rotatable bonds is 2. The second-order valence-electron chi connectivity index (χ2n) is 3.63. The highest BCUT2D eigenvalue weighted by Gasteiger charge is 2.34. The number of aliphatic hydroxyl groups excluding tert-OH is 2. The molecule has 88 valence electrons. The highest BCUT2D eigenvalue weighted by Crippen LogP contribution is 2.26. The highest BCUT2D eigenvalue weighted by molar-refractivity contribution is 4.88. The highest BCUT2D eigenvalue weighted by atomic mass is 16.5. The SMILES string of the molecule is O=c1ccn([C@H]2C[C@@H](O)[C@@H](CO)O2)c(=O)[nH]1. The van der Waals surface area contributed by atoms with Crippen molar-refractivity contribution in [2.24, 2.45) is 0 Å². The fourth-order valence-corrected chi connectivity index (χ4v) is 1.70. The smallest absolute Gasteiger partial charge is 0.330 e. The first-order valence-corrected chi connectivity index (χ1v) is 4.87. The molecule has 0 amide bonds. The standard InChI is InChI=1S/C9H12N2O5/c12-4-6-5(13)3-8(16-6)11-2-1-7(14)10-9(11)15/h1-2,5-6,8,12-13H,3-4H2,(H,10,14,15)/t5-,6-,8-/m1/s1. The molecule has 7 nitrogen and oxygen atoms in total. The van der Waals surface area contributed by atoms with E-state index in [1.165, 1.54) is 16.8 Å². The minimum Gasteiger partial charge on any atom is -0.394 e. The van der Waals surface area contributed by atoms with Crippen molar-refractivity contribution in [2.45, 2.75) is 24.9 Å². The van der Waals surface area contributed by atoms with Crippen molar-refractivity contribution >= 4 is 0 Å². The third-order valence-corrected chi connectivity index (χ3v) is 2.55. The van der Waals surface area contributed by atoms with E-state index in [0.29, 0.717) is 0 Å². The van der Waals surface area contributed by atoms with Crippen molar-refractivity contribution in [3.05, 3.63) is 33.1 Å². The Morgan fingerprint density at radius 3 is 2.88 bits per heavy atom. The van der Waals surface area contributed by atoms with Gasteiger partial charge in [0.25, 0.3) is 5.56 Å². The number of aromatic nitrogens is 2. The summed E-state index contributed by atoms with van der Waals surface area (Å²) in [6.07, 6.45) is -0.649. The molecule has 16 heavy (non-hydrogen) atoms. The van der Waals surface area contributed by atoms with Crippen molar-refractivity contribution in [1.82, 2.24) is 9.55 Å². The van der Waals surface area contributed by atoms with Crippen LogP contribution in [0.3, 0.4) is 0 Å². The lowest BCUT2D eigenvalue weighted by molar-refractivity contribution is -0.0459. The third kappa shape index (κ3) is 1.92. The molecule has 1 saturated heterocycles. The van der Waals surface area contributed by atoms with Crippen LogP contribution in [-0.4, -0.2) is 38.6 Å². The van der Waals surface area contributed by atoms with Crippen LogP contribution in [-0.2, 0) is 4.74 Å². The van der Waals surface area contributed by atoms with E-state index >= 15 is 0 Å². The predicted molar refractivity (Wildman–Crippen MR) is 52.9 cm³/mol. The van der Waals surface area contributed by atoms with Gasteiger partial charge in [-0.15, -0.1) is 0 Å². The van der Waals surface area contributed by atoms with Gasteiger partial charge in [0.15, 0.2) is 0 Å². The second-order valence-corrected chi connectivity index (χ2v) is 3.63. The molecule has 0 aromatic carbocycles. The molecule has 1 aromatic rings. The van der Waals surface area contributed by atoms with Gasteiger partial charge >= 0.3 is 5.69 Å². The molecule has 0 radical (unpaired) electrons. The summed E-state index contributed by atoms with van der Waals surface area (Å²) < 4.78 is 6.45. The molecule has 1 fully saturated rings. The Labute approximate surface area is 89.9 Å². The number of hydrogen-bond donors (Lipinski definition) is 3. The van der Waals surface area contributed by atoms with Gasteiger partial charge in [-0.2, -0.15) is 0 Å².